The second kappa shape index (κ2) is 12.4. The van der Waals surface area contributed by atoms with E-state index in [0.717, 1.165) is 17.8 Å². The van der Waals surface area contributed by atoms with Crippen LogP contribution in [-0.2, 0) is 10.8 Å². The van der Waals surface area contributed by atoms with Gasteiger partial charge in [-0.15, -0.1) is 0 Å². The Bertz CT molecular complexity index is 2800. The Morgan fingerprint density at radius 2 is 1.05 bits per heavy atom. The molecule has 1 unspecified atom stereocenters. The lowest BCUT2D eigenvalue weighted by molar-refractivity contribution is -0.00519. The van der Waals surface area contributed by atoms with Gasteiger partial charge in [0.1, 0.15) is 0 Å². The highest BCUT2D eigenvalue weighted by Gasteiger charge is 2.51. The van der Waals surface area contributed by atoms with Gasteiger partial charge < -0.3 is 4.57 Å². The second-order valence-corrected chi connectivity index (χ2v) is 18.8. The largest absolute Gasteiger partial charge is 0.309 e. The summed E-state index contributed by atoms with van der Waals surface area (Å²) >= 11 is 0. The van der Waals surface area contributed by atoms with E-state index in [1.54, 1.807) is 5.56 Å². The molecule has 1 nitrogen and oxygen atoms in total. The lowest BCUT2D eigenvalue weighted by Gasteiger charge is -2.57. The van der Waals surface area contributed by atoms with Crippen molar-refractivity contribution in [2.75, 3.05) is 0 Å². The summed E-state index contributed by atoms with van der Waals surface area (Å²) in [7, 11) is 0. The summed E-state index contributed by atoms with van der Waals surface area (Å²) in [6, 6.07) is 62.5. The minimum Gasteiger partial charge on any atom is -0.309 e. The van der Waals surface area contributed by atoms with E-state index in [1.807, 2.05) is 0 Å². The van der Waals surface area contributed by atoms with E-state index in [9.17, 15) is 0 Å². The molecule has 57 heavy (non-hydrogen) atoms. The lowest BCUT2D eigenvalue weighted by atomic mass is 9.48. The van der Waals surface area contributed by atoms with Crippen LogP contribution in [0.3, 0.4) is 0 Å². The van der Waals surface area contributed by atoms with Gasteiger partial charge in [0.2, 0.25) is 0 Å². The maximum atomic E-state index is 2.54. The van der Waals surface area contributed by atoms with Gasteiger partial charge in [0.15, 0.2) is 0 Å². The molecule has 4 saturated carbocycles. The van der Waals surface area contributed by atoms with Crippen molar-refractivity contribution in [1.29, 1.82) is 0 Å². The molecule has 1 heteroatoms. The first-order valence-corrected chi connectivity index (χ1v) is 21.5. The number of hydrogen-bond acceptors (Lipinski definition) is 0. The SMILES string of the molecule is CC1(C)c2ccccc2-c2ccc(C(c3ccc(-c4ccc5c(c4)c4ccccc4n5-c4ccccc4)cc3)c3ccc(C45CC6CC(CC(C6)C4)C5)cc3)cc21. The van der Waals surface area contributed by atoms with Gasteiger partial charge in [-0.25, -0.2) is 0 Å². The molecule has 4 fully saturated rings. The maximum absolute atomic E-state index is 2.54. The van der Waals surface area contributed by atoms with E-state index >= 15 is 0 Å². The quantitative estimate of drug-likeness (QED) is 0.150. The molecule has 0 saturated heterocycles. The summed E-state index contributed by atoms with van der Waals surface area (Å²) in [6.45, 7) is 4.80. The third kappa shape index (κ3) is 5.14. The summed E-state index contributed by atoms with van der Waals surface area (Å²) in [5.41, 5.74) is 17.9. The Labute approximate surface area is 337 Å². The van der Waals surface area contributed by atoms with Crippen molar-refractivity contribution < 1.29 is 0 Å². The molecule has 1 heterocycles. The van der Waals surface area contributed by atoms with Crippen molar-refractivity contribution in [3.05, 3.63) is 197 Å². The first-order valence-electron chi connectivity index (χ1n) is 21.5. The van der Waals surface area contributed by atoms with E-state index in [4.69, 9.17) is 0 Å². The van der Waals surface area contributed by atoms with Gasteiger partial charge >= 0.3 is 0 Å². The molecule has 8 aromatic rings. The van der Waals surface area contributed by atoms with Gasteiger partial charge in [-0.2, -0.15) is 0 Å². The Morgan fingerprint density at radius 3 is 1.79 bits per heavy atom. The van der Waals surface area contributed by atoms with Crippen molar-refractivity contribution in [3.8, 4) is 27.9 Å². The predicted molar refractivity (Wildman–Crippen MR) is 237 cm³/mol. The molecule has 1 atom stereocenters. The molecule has 13 rings (SSSR count). The molecule has 1 aromatic heterocycles. The number of benzene rings is 7. The van der Waals surface area contributed by atoms with Crippen LogP contribution in [0.4, 0.5) is 0 Å². The van der Waals surface area contributed by atoms with Crippen LogP contribution < -0.4 is 0 Å². The van der Waals surface area contributed by atoms with E-state index < -0.39 is 0 Å². The van der Waals surface area contributed by atoms with Crippen molar-refractivity contribution in [1.82, 2.24) is 4.57 Å². The fourth-order valence-corrected chi connectivity index (χ4v) is 12.8. The van der Waals surface area contributed by atoms with Crippen molar-refractivity contribution in [2.24, 2.45) is 17.8 Å². The lowest BCUT2D eigenvalue weighted by Crippen LogP contribution is -2.48. The molecule has 0 aliphatic heterocycles. The number of aromatic nitrogens is 1. The normalized spacial score (nSPS) is 23.2. The molecule has 0 spiro atoms. The number of nitrogens with zero attached hydrogens (tertiary/aromatic N) is 1. The van der Waals surface area contributed by atoms with Gasteiger partial charge in [-0.05, 0) is 148 Å². The Balaban J connectivity index is 0.947. The minimum atomic E-state index is -0.0407. The Morgan fingerprint density at radius 1 is 0.474 bits per heavy atom. The molecule has 0 N–H and O–H groups in total. The van der Waals surface area contributed by atoms with E-state index in [0.29, 0.717) is 5.41 Å². The van der Waals surface area contributed by atoms with E-state index in [2.05, 4.69) is 182 Å². The highest BCUT2D eigenvalue weighted by molar-refractivity contribution is 6.10. The van der Waals surface area contributed by atoms with Gasteiger partial charge in [0.25, 0.3) is 0 Å². The fraction of sp³-hybridized carbons (Fsp3) is 0.250. The number of rotatable bonds is 6. The summed E-state index contributed by atoms with van der Waals surface area (Å²) in [5.74, 6) is 2.98. The number of fused-ring (bicyclic) bond motifs is 6. The summed E-state index contributed by atoms with van der Waals surface area (Å²) in [5, 5.41) is 2.57. The van der Waals surface area contributed by atoms with Crippen LogP contribution in [0.1, 0.15) is 91.7 Å². The van der Waals surface area contributed by atoms with Crippen LogP contribution in [0, 0.1) is 17.8 Å². The van der Waals surface area contributed by atoms with Crippen LogP contribution in [-0.4, -0.2) is 4.57 Å². The van der Waals surface area contributed by atoms with Gasteiger partial charge in [0, 0.05) is 27.8 Å². The summed E-state index contributed by atoms with van der Waals surface area (Å²) in [6.07, 6.45) is 8.67. The van der Waals surface area contributed by atoms with Crippen molar-refractivity contribution in [2.45, 2.75) is 69.1 Å². The van der Waals surface area contributed by atoms with Crippen LogP contribution >= 0.6 is 0 Å². The minimum absolute atomic E-state index is 0.0407. The van der Waals surface area contributed by atoms with Crippen LogP contribution in [0.2, 0.25) is 0 Å². The van der Waals surface area contributed by atoms with Crippen molar-refractivity contribution in [3.63, 3.8) is 0 Å². The third-order valence-electron chi connectivity index (χ3n) is 15.1. The third-order valence-corrected chi connectivity index (χ3v) is 15.1. The molecule has 0 amide bonds. The number of hydrogen-bond donors (Lipinski definition) is 0. The van der Waals surface area contributed by atoms with Crippen LogP contribution in [0.15, 0.2) is 164 Å². The molecular formula is C56H49N. The van der Waals surface area contributed by atoms with Gasteiger partial charge in [0.05, 0.1) is 11.0 Å². The Hall–Kier alpha value is -5.66. The highest BCUT2D eigenvalue weighted by Crippen LogP contribution is 2.61. The summed E-state index contributed by atoms with van der Waals surface area (Å²) in [4.78, 5) is 0. The first-order chi connectivity index (χ1) is 27.9. The molecule has 4 bridgehead atoms. The highest BCUT2D eigenvalue weighted by atomic mass is 15.0. The molecule has 5 aliphatic carbocycles. The zero-order valence-corrected chi connectivity index (χ0v) is 33.1. The average Bonchev–Trinajstić information content (AvgIpc) is 3.69. The summed E-state index contributed by atoms with van der Waals surface area (Å²) < 4.78 is 2.40. The molecule has 0 radical (unpaired) electrons. The second-order valence-electron chi connectivity index (χ2n) is 18.8. The zero-order valence-electron chi connectivity index (χ0n) is 33.1. The molecular weight excluding hydrogens is 687 g/mol. The topological polar surface area (TPSA) is 4.93 Å². The van der Waals surface area contributed by atoms with Crippen molar-refractivity contribution >= 4 is 21.8 Å². The van der Waals surface area contributed by atoms with Crippen LogP contribution in [0.25, 0.3) is 49.7 Å². The zero-order chi connectivity index (χ0) is 37.9. The first kappa shape index (κ1) is 33.5. The standard InChI is InChI=1S/C56H49N/c1-55(2)50-14-8-6-12-46(50)47-26-22-43(32-51(47)55)54(41-20-24-44(25-21-41)56-33-36-28-37(34-56)30-38(29-36)35-56)40-18-16-39(17-19-40)42-23-27-53-49(31-42)48-13-7-9-15-52(48)57(53)45-10-4-3-5-11-45/h3-27,31-32,36-38,54H,28-30,33-35H2,1-2H3. The maximum Gasteiger partial charge on any atom is 0.0541 e. The monoisotopic (exact) mass is 735 g/mol. The van der Waals surface area contributed by atoms with E-state index in [-0.39, 0.29) is 11.3 Å². The van der Waals surface area contributed by atoms with Crippen LogP contribution in [0.5, 0.6) is 0 Å². The predicted octanol–water partition coefficient (Wildman–Crippen LogP) is 14.4. The fourth-order valence-electron chi connectivity index (χ4n) is 12.8. The molecule has 5 aliphatic rings. The number of para-hydroxylation sites is 2. The van der Waals surface area contributed by atoms with E-state index in [1.165, 1.54) is 116 Å². The smallest absolute Gasteiger partial charge is 0.0541 e. The molecule has 7 aromatic carbocycles. The molecule has 278 valence electrons. The average molecular weight is 736 g/mol. The van der Waals surface area contributed by atoms with Gasteiger partial charge in [-0.1, -0.05) is 147 Å². The van der Waals surface area contributed by atoms with Gasteiger partial charge in [-0.3, -0.25) is 0 Å². The Kier molecular flexibility index (Phi) is 7.29.